The number of amides is 1. The number of thiophene rings is 1. The summed E-state index contributed by atoms with van der Waals surface area (Å²) in [6.45, 7) is 4.79. The van der Waals surface area contributed by atoms with Gasteiger partial charge in [-0.1, -0.05) is 37.9 Å². The van der Waals surface area contributed by atoms with Crippen molar-refractivity contribution in [3.05, 3.63) is 20.8 Å². The number of nitrogens with zero attached hydrogens (tertiary/aromatic N) is 2. The van der Waals surface area contributed by atoms with Crippen LogP contribution >= 0.6 is 23.1 Å². The van der Waals surface area contributed by atoms with Gasteiger partial charge in [-0.05, 0) is 51.0 Å². The average molecular weight is 420 g/mol. The minimum atomic E-state index is -0.251. The monoisotopic (exact) mass is 419 g/mol. The van der Waals surface area contributed by atoms with E-state index < -0.39 is 0 Å². The summed E-state index contributed by atoms with van der Waals surface area (Å²) < 4.78 is 1.84. The largest absolute Gasteiger partial charge is 0.352 e. The topological polar surface area (TPSA) is 64.0 Å². The van der Waals surface area contributed by atoms with Crippen LogP contribution < -0.4 is 10.9 Å². The highest BCUT2D eigenvalue weighted by atomic mass is 32.2. The van der Waals surface area contributed by atoms with Gasteiger partial charge in [0.05, 0.1) is 10.6 Å². The first-order valence-corrected chi connectivity index (χ1v) is 12.3. The van der Waals surface area contributed by atoms with E-state index in [-0.39, 0.29) is 16.7 Å². The number of hydrogen-bond acceptors (Lipinski definition) is 5. The molecular weight excluding hydrogens is 390 g/mol. The highest BCUT2D eigenvalue weighted by Crippen LogP contribution is 2.36. The summed E-state index contributed by atoms with van der Waals surface area (Å²) in [5.41, 5.74) is 1.33. The van der Waals surface area contributed by atoms with E-state index in [0.717, 1.165) is 55.2 Å². The summed E-state index contributed by atoms with van der Waals surface area (Å²) in [6.07, 6.45) is 9.80. The van der Waals surface area contributed by atoms with Crippen molar-refractivity contribution in [2.24, 2.45) is 0 Å². The Balaban J connectivity index is 1.64. The van der Waals surface area contributed by atoms with Gasteiger partial charge in [-0.3, -0.25) is 14.2 Å². The number of rotatable bonds is 9. The predicted octanol–water partition coefficient (Wildman–Crippen LogP) is 4.29. The van der Waals surface area contributed by atoms with Crippen LogP contribution in [0.1, 0.15) is 69.2 Å². The molecule has 2 aromatic heterocycles. The predicted molar refractivity (Wildman–Crippen MR) is 117 cm³/mol. The molecule has 7 heteroatoms. The van der Waals surface area contributed by atoms with E-state index >= 15 is 0 Å². The van der Waals surface area contributed by atoms with E-state index in [0.29, 0.717) is 17.7 Å². The van der Waals surface area contributed by atoms with Gasteiger partial charge in [-0.2, -0.15) is 0 Å². The highest BCUT2D eigenvalue weighted by molar-refractivity contribution is 8.00. The molecule has 2 aliphatic rings. The van der Waals surface area contributed by atoms with E-state index in [1.807, 2.05) is 11.5 Å². The molecule has 1 N–H and O–H groups in total. The van der Waals surface area contributed by atoms with Gasteiger partial charge in [0, 0.05) is 17.5 Å². The lowest BCUT2D eigenvalue weighted by Gasteiger charge is -2.16. The van der Waals surface area contributed by atoms with Crippen molar-refractivity contribution in [3.63, 3.8) is 0 Å². The normalized spacial score (nSPS) is 17.1. The number of thioether (sulfide) groups is 1. The first kappa shape index (κ1) is 20.0. The molecule has 0 unspecified atom stereocenters. The van der Waals surface area contributed by atoms with Gasteiger partial charge >= 0.3 is 0 Å². The molecule has 28 heavy (non-hydrogen) atoms. The molecule has 0 aliphatic heterocycles. The van der Waals surface area contributed by atoms with Crippen LogP contribution in [-0.4, -0.2) is 26.8 Å². The molecule has 1 fully saturated rings. The zero-order chi connectivity index (χ0) is 19.7. The molecule has 4 rings (SSSR count). The Morgan fingerprint density at radius 3 is 2.89 bits per heavy atom. The van der Waals surface area contributed by atoms with Crippen molar-refractivity contribution in [1.82, 2.24) is 14.9 Å². The molecule has 2 heterocycles. The van der Waals surface area contributed by atoms with Crippen molar-refractivity contribution in [2.45, 2.75) is 94.6 Å². The zero-order valence-corrected chi connectivity index (χ0v) is 18.4. The van der Waals surface area contributed by atoms with E-state index in [1.165, 1.54) is 35.0 Å². The molecule has 1 saturated carbocycles. The Bertz CT molecular complexity index is 930. The van der Waals surface area contributed by atoms with Crippen molar-refractivity contribution in [3.8, 4) is 0 Å². The van der Waals surface area contributed by atoms with Crippen molar-refractivity contribution in [2.75, 3.05) is 0 Å². The Morgan fingerprint density at radius 2 is 2.14 bits per heavy atom. The molecule has 0 spiro atoms. The van der Waals surface area contributed by atoms with E-state index in [9.17, 15) is 9.59 Å². The molecule has 1 atom stereocenters. The molecular formula is C21H29N3O2S2. The highest BCUT2D eigenvalue weighted by Gasteiger charge is 2.28. The summed E-state index contributed by atoms with van der Waals surface area (Å²) in [5.74, 6) is 0.0491. The fourth-order valence-corrected chi connectivity index (χ4v) is 6.05. The summed E-state index contributed by atoms with van der Waals surface area (Å²) in [4.78, 5) is 32.9. The number of carbonyl (C=O) groups is 1. The second-order valence-corrected chi connectivity index (χ2v) is 10.4. The molecule has 0 radical (unpaired) electrons. The number of carbonyl (C=O) groups excluding carboxylic acids is 1. The number of aryl methyl sites for hydroxylation is 2. The van der Waals surface area contributed by atoms with Crippen LogP contribution in [0.25, 0.3) is 10.2 Å². The first-order valence-electron chi connectivity index (χ1n) is 10.6. The molecule has 1 amide bonds. The van der Waals surface area contributed by atoms with Crippen molar-refractivity contribution < 1.29 is 4.79 Å². The second-order valence-electron chi connectivity index (χ2n) is 7.99. The Morgan fingerprint density at radius 1 is 1.32 bits per heavy atom. The van der Waals surface area contributed by atoms with Gasteiger partial charge in [0.1, 0.15) is 4.83 Å². The maximum absolute atomic E-state index is 13.4. The van der Waals surface area contributed by atoms with Gasteiger partial charge < -0.3 is 5.32 Å². The Hall–Kier alpha value is -1.34. The third kappa shape index (κ3) is 4.15. The maximum atomic E-state index is 13.4. The Kier molecular flexibility index (Phi) is 6.11. The molecule has 2 aromatic rings. The minimum absolute atomic E-state index is 0.0491. The van der Waals surface area contributed by atoms with Crippen LogP contribution in [-0.2, 0) is 24.2 Å². The SMILES string of the molecule is CCCCCCn1c(S[C@@H](C)C(=O)NC2CC2)nc2sc3c(c2c1=O)CCC3. The van der Waals surface area contributed by atoms with Crippen LogP contribution in [0.5, 0.6) is 0 Å². The molecule has 5 nitrogen and oxygen atoms in total. The van der Waals surface area contributed by atoms with Crippen LogP contribution in [0.4, 0.5) is 0 Å². The summed E-state index contributed by atoms with van der Waals surface area (Å²) in [7, 11) is 0. The Labute approximate surface area is 174 Å². The number of aromatic nitrogens is 2. The number of unbranched alkanes of at least 4 members (excludes halogenated alkanes) is 3. The maximum Gasteiger partial charge on any atom is 0.263 e. The van der Waals surface area contributed by atoms with Crippen LogP contribution in [0.3, 0.4) is 0 Å². The number of nitrogens with one attached hydrogen (secondary N) is 1. The van der Waals surface area contributed by atoms with E-state index in [1.54, 1.807) is 11.3 Å². The van der Waals surface area contributed by atoms with Gasteiger partial charge in [-0.25, -0.2) is 4.98 Å². The third-order valence-electron chi connectivity index (χ3n) is 5.60. The van der Waals surface area contributed by atoms with Crippen LogP contribution in [0.2, 0.25) is 0 Å². The van der Waals surface area contributed by atoms with Crippen molar-refractivity contribution >= 4 is 39.2 Å². The van der Waals surface area contributed by atoms with Gasteiger partial charge in [-0.15, -0.1) is 11.3 Å². The smallest absolute Gasteiger partial charge is 0.263 e. The lowest BCUT2D eigenvalue weighted by molar-refractivity contribution is -0.120. The average Bonchev–Trinajstić information content (AvgIpc) is 3.24. The minimum Gasteiger partial charge on any atom is -0.352 e. The molecule has 0 saturated heterocycles. The first-order chi connectivity index (χ1) is 13.6. The van der Waals surface area contributed by atoms with Crippen LogP contribution in [0.15, 0.2) is 9.95 Å². The number of hydrogen-bond donors (Lipinski definition) is 1. The van der Waals surface area contributed by atoms with E-state index in [2.05, 4.69) is 12.2 Å². The van der Waals surface area contributed by atoms with Crippen LogP contribution in [0, 0.1) is 0 Å². The quantitative estimate of drug-likeness (QED) is 0.374. The summed E-state index contributed by atoms with van der Waals surface area (Å²) in [6, 6.07) is 0.350. The van der Waals surface area contributed by atoms with E-state index in [4.69, 9.17) is 4.98 Å². The number of fused-ring (bicyclic) bond motifs is 3. The third-order valence-corrected chi connectivity index (χ3v) is 7.88. The molecule has 2 aliphatic carbocycles. The van der Waals surface area contributed by atoms with Gasteiger partial charge in [0.2, 0.25) is 5.91 Å². The standard InChI is InChI=1S/C21H29N3O2S2/c1-3-4-5-6-12-24-20(26)17-15-8-7-9-16(15)28-19(17)23-21(24)27-13(2)18(25)22-14-10-11-14/h13-14H,3-12H2,1-2H3,(H,22,25)/t13-/m0/s1. The molecule has 0 aromatic carbocycles. The lowest BCUT2D eigenvalue weighted by Crippen LogP contribution is -2.33. The summed E-state index contributed by atoms with van der Waals surface area (Å²) >= 11 is 3.10. The van der Waals surface area contributed by atoms with Gasteiger partial charge in [0.25, 0.3) is 5.56 Å². The molecule has 152 valence electrons. The fourth-order valence-electron chi connectivity index (χ4n) is 3.80. The zero-order valence-electron chi connectivity index (χ0n) is 16.8. The van der Waals surface area contributed by atoms with Crippen molar-refractivity contribution in [1.29, 1.82) is 0 Å². The second kappa shape index (κ2) is 8.57. The fraction of sp³-hybridized carbons (Fsp3) is 0.667. The molecule has 0 bridgehead atoms. The summed E-state index contributed by atoms with van der Waals surface area (Å²) in [5, 5.41) is 4.35. The van der Waals surface area contributed by atoms with Gasteiger partial charge in [0.15, 0.2) is 5.16 Å². The lowest BCUT2D eigenvalue weighted by atomic mass is 10.2.